The van der Waals surface area contributed by atoms with E-state index < -0.39 is 6.10 Å². The van der Waals surface area contributed by atoms with E-state index >= 15 is 0 Å². The number of carbonyl (C=O) groups excluding carboxylic acids is 1. The minimum Gasteiger partial charge on any atom is -0.391 e. The molecular formula is C14H20BrNO2S. The molecule has 0 bridgehead atoms. The second kappa shape index (κ2) is 8.61. The van der Waals surface area contributed by atoms with Gasteiger partial charge in [0.05, 0.1) is 6.10 Å². The molecule has 0 fully saturated rings. The third-order valence-corrected chi connectivity index (χ3v) is 4.73. The molecule has 1 amide bonds. The van der Waals surface area contributed by atoms with E-state index in [1.54, 1.807) is 11.8 Å². The van der Waals surface area contributed by atoms with E-state index in [1.165, 1.54) is 0 Å². The predicted molar refractivity (Wildman–Crippen MR) is 83.3 cm³/mol. The minimum atomic E-state index is -0.472. The zero-order valence-corrected chi connectivity index (χ0v) is 13.6. The monoisotopic (exact) mass is 345 g/mol. The maximum atomic E-state index is 11.6. The van der Waals surface area contributed by atoms with Gasteiger partial charge in [0, 0.05) is 28.1 Å². The van der Waals surface area contributed by atoms with Crippen molar-refractivity contribution >= 4 is 33.6 Å². The van der Waals surface area contributed by atoms with Crippen LogP contribution in [0, 0.1) is 5.92 Å². The molecule has 0 spiro atoms. The lowest BCUT2D eigenvalue weighted by Gasteiger charge is -2.14. The van der Waals surface area contributed by atoms with Crippen LogP contribution in [0.15, 0.2) is 33.6 Å². The van der Waals surface area contributed by atoms with E-state index in [-0.39, 0.29) is 11.8 Å². The fourth-order valence-corrected chi connectivity index (χ4v) is 2.87. The first-order valence-electron chi connectivity index (χ1n) is 6.32. The number of amides is 1. The number of aliphatic hydroxyl groups is 1. The average molecular weight is 346 g/mol. The van der Waals surface area contributed by atoms with Crippen molar-refractivity contribution in [2.45, 2.75) is 31.3 Å². The van der Waals surface area contributed by atoms with Crippen LogP contribution in [0.25, 0.3) is 0 Å². The van der Waals surface area contributed by atoms with Gasteiger partial charge in [-0.3, -0.25) is 4.79 Å². The Bertz CT molecular complexity index is 412. The van der Waals surface area contributed by atoms with Crippen LogP contribution < -0.4 is 5.32 Å². The van der Waals surface area contributed by atoms with Gasteiger partial charge < -0.3 is 10.4 Å². The highest BCUT2D eigenvalue weighted by Crippen LogP contribution is 2.27. The molecular weight excluding hydrogens is 326 g/mol. The van der Waals surface area contributed by atoms with Crippen LogP contribution in [0.3, 0.4) is 0 Å². The number of carbonyl (C=O) groups is 1. The van der Waals surface area contributed by atoms with Gasteiger partial charge in [-0.25, -0.2) is 0 Å². The molecule has 1 aromatic rings. The third kappa shape index (κ3) is 6.45. The number of thioether (sulfide) groups is 1. The Morgan fingerprint density at radius 2 is 2.11 bits per heavy atom. The number of rotatable bonds is 7. The summed E-state index contributed by atoms with van der Waals surface area (Å²) in [4.78, 5) is 12.7. The summed E-state index contributed by atoms with van der Waals surface area (Å²) < 4.78 is 1.05. The van der Waals surface area contributed by atoms with Crippen LogP contribution in [0.4, 0.5) is 0 Å². The van der Waals surface area contributed by atoms with Crippen molar-refractivity contribution in [3.05, 3.63) is 28.7 Å². The highest BCUT2D eigenvalue weighted by molar-refractivity contribution is 9.10. The first-order valence-corrected chi connectivity index (χ1v) is 8.10. The summed E-state index contributed by atoms with van der Waals surface area (Å²) in [6.07, 6.45) is -0.0172. The first kappa shape index (κ1) is 16.5. The fraction of sp³-hybridized carbons (Fsp3) is 0.500. The molecule has 0 saturated heterocycles. The molecule has 2 N–H and O–H groups in total. The normalized spacial score (nSPS) is 12.5. The highest BCUT2D eigenvalue weighted by Gasteiger charge is 2.10. The molecule has 19 heavy (non-hydrogen) atoms. The zero-order valence-electron chi connectivity index (χ0n) is 11.2. The van der Waals surface area contributed by atoms with Crippen molar-refractivity contribution in [2.24, 2.45) is 5.92 Å². The summed E-state index contributed by atoms with van der Waals surface area (Å²) in [5, 5.41) is 12.3. The third-order valence-electron chi connectivity index (χ3n) is 2.70. The maximum Gasteiger partial charge on any atom is 0.220 e. The molecule has 0 radical (unpaired) electrons. The molecule has 106 valence electrons. The lowest BCUT2D eigenvalue weighted by molar-refractivity contribution is -0.121. The van der Waals surface area contributed by atoms with Crippen molar-refractivity contribution in [1.82, 2.24) is 5.32 Å². The molecule has 0 aromatic heterocycles. The SMILES string of the molecule is CC(C)C(O)CNC(=O)CCSc1ccccc1Br. The topological polar surface area (TPSA) is 49.3 Å². The summed E-state index contributed by atoms with van der Waals surface area (Å²) in [6, 6.07) is 7.96. The minimum absolute atomic E-state index is 0.0146. The molecule has 1 aromatic carbocycles. The number of benzene rings is 1. The second-order valence-electron chi connectivity index (χ2n) is 4.64. The van der Waals surface area contributed by atoms with Gasteiger partial charge in [0.15, 0.2) is 0 Å². The Morgan fingerprint density at radius 1 is 1.42 bits per heavy atom. The summed E-state index contributed by atoms with van der Waals surface area (Å²) in [7, 11) is 0. The van der Waals surface area contributed by atoms with Crippen molar-refractivity contribution in [1.29, 1.82) is 0 Å². The van der Waals surface area contributed by atoms with E-state index in [9.17, 15) is 9.90 Å². The zero-order chi connectivity index (χ0) is 14.3. The van der Waals surface area contributed by atoms with Gasteiger partial charge in [0.1, 0.15) is 0 Å². The Kier molecular flexibility index (Phi) is 7.49. The van der Waals surface area contributed by atoms with Crippen LogP contribution in [-0.4, -0.2) is 29.4 Å². The van der Waals surface area contributed by atoms with Crippen LogP contribution in [-0.2, 0) is 4.79 Å². The fourth-order valence-electron chi connectivity index (χ4n) is 1.36. The van der Waals surface area contributed by atoms with Crippen LogP contribution in [0.1, 0.15) is 20.3 Å². The predicted octanol–water partition coefficient (Wildman–Crippen LogP) is 3.06. The van der Waals surface area contributed by atoms with Gasteiger partial charge in [0.25, 0.3) is 0 Å². The van der Waals surface area contributed by atoms with Crippen LogP contribution in [0.2, 0.25) is 0 Å². The number of hydrogen-bond acceptors (Lipinski definition) is 3. The number of halogens is 1. The molecule has 0 heterocycles. The summed E-state index contributed by atoms with van der Waals surface area (Å²) >= 11 is 5.12. The Morgan fingerprint density at radius 3 is 2.74 bits per heavy atom. The largest absolute Gasteiger partial charge is 0.391 e. The van der Waals surface area contributed by atoms with Crippen LogP contribution >= 0.6 is 27.7 Å². The Hall–Kier alpha value is -0.520. The Labute approximate surface area is 127 Å². The molecule has 5 heteroatoms. The molecule has 1 atom stereocenters. The number of aliphatic hydroxyl groups excluding tert-OH is 1. The van der Waals surface area contributed by atoms with Crippen molar-refractivity contribution < 1.29 is 9.90 Å². The maximum absolute atomic E-state index is 11.6. The lowest BCUT2D eigenvalue weighted by atomic mass is 10.1. The molecule has 0 saturated carbocycles. The van der Waals surface area contributed by atoms with E-state index in [2.05, 4.69) is 21.2 Å². The summed E-state index contributed by atoms with van der Waals surface area (Å²) in [6.45, 7) is 4.19. The van der Waals surface area contributed by atoms with Crippen LogP contribution in [0.5, 0.6) is 0 Å². The van der Waals surface area contributed by atoms with Gasteiger partial charge in [0.2, 0.25) is 5.91 Å². The molecule has 3 nitrogen and oxygen atoms in total. The van der Waals surface area contributed by atoms with E-state index in [0.29, 0.717) is 13.0 Å². The van der Waals surface area contributed by atoms with Crippen molar-refractivity contribution in [3.63, 3.8) is 0 Å². The number of nitrogens with one attached hydrogen (secondary N) is 1. The standard InChI is InChI=1S/C14H20BrNO2S/c1-10(2)12(17)9-16-14(18)7-8-19-13-6-4-3-5-11(13)15/h3-6,10,12,17H,7-9H2,1-2H3,(H,16,18). The van der Waals surface area contributed by atoms with E-state index in [4.69, 9.17) is 0 Å². The molecule has 1 rings (SSSR count). The summed E-state index contributed by atoms with van der Waals surface area (Å²) in [5.41, 5.74) is 0. The number of hydrogen-bond donors (Lipinski definition) is 2. The van der Waals surface area contributed by atoms with Crippen molar-refractivity contribution in [3.8, 4) is 0 Å². The smallest absolute Gasteiger partial charge is 0.220 e. The van der Waals surface area contributed by atoms with E-state index in [1.807, 2.05) is 38.1 Å². The summed E-state index contributed by atoms with van der Waals surface area (Å²) in [5.74, 6) is 0.876. The van der Waals surface area contributed by atoms with Gasteiger partial charge >= 0.3 is 0 Å². The van der Waals surface area contributed by atoms with E-state index in [0.717, 1.165) is 15.1 Å². The quantitative estimate of drug-likeness (QED) is 0.746. The van der Waals surface area contributed by atoms with Gasteiger partial charge in [-0.15, -0.1) is 11.8 Å². The highest BCUT2D eigenvalue weighted by atomic mass is 79.9. The Balaban J connectivity index is 2.23. The molecule has 0 aliphatic heterocycles. The lowest BCUT2D eigenvalue weighted by Crippen LogP contribution is -2.34. The van der Waals surface area contributed by atoms with Gasteiger partial charge in [-0.2, -0.15) is 0 Å². The molecule has 0 aliphatic carbocycles. The average Bonchev–Trinajstić information content (AvgIpc) is 2.38. The van der Waals surface area contributed by atoms with Gasteiger partial charge in [-0.05, 0) is 34.0 Å². The van der Waals surface area contributed by atoms with Crippen molar-refractivity contribution in [2.75, 3.05) is 12.3 Å². The molecule has 0 aliphatic rings. The molecule has 1 unspecified atom stereocenters. The second-order valence-corrected chi connectivity index (χ2v) is 6.64. The van der Waals surface area contributed by atoms with Gasteiger partial charge in [-0.1, -0.05) is 26.0 Å². The first-order chi connectivity index (χ1) is 9.00.